The second-order valence-corrected chi connectivity index (χ2v) is 10.9. The van der Waals surface area contributed by atoms with E-state index in [0.717, 1.165) is 54.3 Å². The summed E-state index contributed by atoms with van der Waals surface area (Å²) in [6, 6.07) is 4.20. The number of hydrogen-bond acceptors (Lipinski definition) is 8. The topological polar surface area (TPSA) is 144 Å². The lowest BCUT2D eigenvalue weighted by Crippen LogP contribution is -2.31. The first-order valence-electron chi connectivity index (χ1n) is 13.5. The highest BCUT2D eigenvalue weighted by molar-refractivity contribution is 6.03. The highest BCUT2D eigenvalue weighted by atomic mass is 19.4. The molecule has 0 bridgehead atoms. The number of imidazole rings is 1. The molecule has 0 aromatic carbocycles. The maximum atomic E-state index is 13.4. The minimum Gasteiger partial charge on any atom is -0.383 e. The van der Waals surface area contributed by atoms with Gasteiger partial charge in [-0.2, -0.15) is 13.2 Å². The van der Waals surface area contributed by atoms with Crippen molar-refractivity contribution < 1.29 is 22.5 Å². The van der Waals surface area contributed by atoms with Crippen molar-refractivity contribution in [3.05, 3.63) is 48.9 Å². The van der Waals surface area contributed by atoms with Crippen LogP contribution in [0.3, 0.4) is 0 Å². The molecule has 6 heterocycles. The number of nitrogens with two attached hydrogens (primary N) is 1. The van der Waals surface area contributed by atoms with Crippen LogP contribution in [0.4, 0.5) is 35.3 Å². The molecule has 1 saturated carbocycles. The first-order chi connectivity index (χ1) is 20.1. The number of urea groups is 1. The van der Waals surface area contributed by atoms with Gasteiger partial charge in [0.15, 0.2) is 17.2 Å². The van der Waals surface area contributed by atoms with Crippen LogP contribution in [0.15, 0.2) is 47.6 Å². The minimum atomic E-state index is -4.45. The molecule has 218 valence electrons. The molecule has 2 aliphatic rings. The Balaban J connectivity index is 1.18. The molecule has 7 rings (SSSR count). The first-order valence-corrected chi connectivity index (χ1v) is 13.5. The van der Waals surface area contributed by atoms with Gasteiger partial charge in [0.2, 0.25) is 0 Å². The van der Waals surface area contributed by atoms with Crippen molar-refractivity contribution in [3.8, 4) is 11.3 Å². The summed E-state index contributed by atoms with van der Waals surface area (Å²) in [5, 5.41) is 9.49. The molecule has 2 fully saturated rings. The van der Waals surface area contributed by atoms with Gasteiger partial charge >= 0.3 is 12.2 Å². The van der Waals surface area contributed by atoms with E-state index in [1.54, 1.807) is 18.5 Å². The lowest BCUT2D eigenvalue weighted by molar-refractivity contribution is -0.165. The maximum Gasteiger partial charge on any atom is 0.401 e. The summed E-state index contributed by atoms with van der Waals surface area (Å²) in [5.41, 5.74) is 7.52. The number of piperidine rings is 1. The van der Waals surface area contributed by atoms with Crippen LogP contribution in [0.25, 0.3) is 27.9 Å². The van der Waals surface area contributed by atoms with Crippen LogP contribution in [0, 0.1) is 0 Å². The van der Waals surface area contributed by atoms with E-state index in [0.29, 0.717) is 17.2 Å². The van der Waals surface area contributed by atoms with Crippen LogP contribution in [-0.2, 0) is 5.41 Å². The Morgan fingerprint density at radius 3 is 2.64 bits per heavy atom. The molecule has 0 unspecified atom stereocenters. The number of alkyl halides is 3. The summed E-state index contributed by atoms with van der Waals surface area (Å²) in [7, 11) is 2.11. The molecular formula is C27H27F3N10O2. The molecular weight excluding hydrogens is 553 g/mol. The fourth-order valence-electron chi connectivity index (χ4n) is 5.81. The maximum absolute atomic E-state index is 13.4. The predicted molar refractivity (Wildman–Crippen MR) is 148 cm³/mol. The van der Waals surface area contributed by atoms with E-state index in [4.69, 9.17) is 10.3 Å². The molecule has 1 aliphatic carbocycles. The number of nitrogens with one attached hydrogen (secondary N) is 2. The van der Waals surface area contributed by atoms with Gasteiger partial charge in [-0.1, -0.05) is 5.16 Å². The summed E-state index contributed by atoms with van der Waals surface area (Å²) < 4.78 is 49.2. The van der Waals surface area contributed by atoms with Gasteiger partial charge < -0.3 is 25.0 Å². The quantitative estimate of drug-likeness (QED) is 0.268. The summed E-state index contributed by atoms with van der Waals surface area (Å²) in [6.45, 7) is 1.96. The number of aromatic nitrogens is 6. The van der Waals surface area contributed by atoms with E-state index in [1.165, 1.54) is 6.33 Å². The number of halogens is 3. The second-order valence-electron chi connectivity index (χ2n) is 10.9. The molecule has 0 atom stereocenters. The molecule has 0 spiro atoms. The van der Waals surface area contributed by atoms with Crippen molar-refractivity contribution in [1.82, 2.24) is 34.0 Å². The number of pyridine rings is 1. The smallest absolute Gasteiger partial charge is 0.383 e. The summed E-state index contributed by atoms with van der Waals surface area (Å²) in [6.07, 6.45) is 4.25. The highest BCUT2D eigenvalue weighted by Crippen LogP contribution is 2.59. The summed E-state index contributed by atoms with van der Waals surface area (Å²) in [4.78, 5) is 28.3. The van der Waals surface area contributed by atoms with Gasteiger partial charge in [-0.15, -0.1) is 0 Å². The molecule has 4 N–H and O–H groups in total. The van der Waals surface area contributed by atoms with Crippen LogP contribution in [0.2, 0.25) is 0 Å². The van der Waals surface area contributed by atoms with Crippen molar-refractivity contribution in [3.63, 3.8) is 0 Å². The minimum absolute atomic E-state index is 0.0734. The number of hydrogen-bond donors (Lipinski definition) is 3. The molecule has 2 amide bonds. The number of anilines is 3. The number of fused-ring (bicyclic) bond motifs is 2. The fraction of sp³-hybridized carbons (Fsp3) is 0.370. The zero-order valence-corrected chi connectivity index (χ0v) is 22.5. The lowest BCUT2D eigenvalue weighted by Gasteiger charge is -2.30. The van der Waals surface area contributed by atoms with Gasteiger partial charge in [0.25, 0.3) is 0 Å². The molecule has 5 aromatic heterocycles. The molecule has 1 aliphatic heterocycles. The average Bonchev–Trinajstić information content (AvgIpc) is 3.26. The lowest BCUT2D eigenvalue weighted by atomic mass is 10.0. The van der Waals surface area contributed by atoms with E-state index in [9.17, 15) is 18.0 Å². The van der Waals surface area contributed by atoms with Crippen LogP contribution in [0.1, 0.15) is 37.5 Å². The Morgan fingerprint density at radius 2 is 1.90 bits per heavy atom. The first kappa shape index (κ1) is 26.3. The third-order valence-electron chi connectivity index (χ3n) is 8.31. The Labute approximate surface area is 236 Å². The van der Waals surface area contributed by atoms with E-state index in [2.05, 4.69) is 53.5 Å². The standard InChI is InChI=1S/C27H27F3N10O2/c1-38-9-4-15(5-10-38)40-13-16(21-22(31)33-14-34-24(21)40)18-3-2-17(23-32-8-11-39(18)23)35-25(41)36-20-12-19(42-37-20)26(6-7-26)27(28,29)30/h2-3,8,11-15H,4-7,9-10H2,1H3,(H2,31,33,34)(H2,35,36,37,41). The van der Waals surface area contributed by atoms with E-state index < -0.39 is 17.6 Å². The Morgan fingerprint density at radius 1 is 1.12 bits per heavy atom. The van der Waals surface area contributed by atoms with Gasteiger partial charge in [0, 0.05) is 36.3 Å². The zero-order valence-electron chi connectivity index (χ0n) is 22.5. The molecule has 0 radical (unpaired) electrons. The van der Waals surface area contributed by atoms with Gasteiger partial charge in [0.05, 0.1) is 16.8 Å². The monoisotopic (exact) mass is 580 g/mol. The van der Waals surface area contributed by atoms with Gasteiger partial charge in [-0.25, -0.2) is 19.7 Å². The van der Waals surface area contributed by atoms with E-state index >= 15 is 0 Å². The number of nitrogens with zero attached hydrogens (tertiary/aromatic N) is 7. The van der Waals surface area contributed by atoms with Gasteiger partial charge in [-0.3, -0.25) is 9.72 Å². The van der Waals surface area contributed by atoms with Gasteiger partial charge in [-0.05, 0) is 58.0 Å². The Bertz CT molecular complexity index is 1810. The molecule has 15 heteroatoms. The summed E-state index contributed by atoms with van der Waals surface area (Å²) in [5.74, 6) is -0.0684. The summed E-state index contributed by atoms with van der Waals surface area (Å²) >= 11 is 0. The Hall–Kier alpha value is -4.66. The van der Waals surface area contributed by atoms with Crippen molar-refractivity contribution in [1.29, 1.82) is 0 Å². The average molecular weight is 581 g/mol. The van der Waals surface area contributed by atoms with Crippen LogP contribution in [-0.4, -0.2) is 66.3 Å². The predicted octanol–water partition coefficient (Wildman–Crippen LogP) is 4.82. The SMILES string of the molecule is CN1CCC(n2cc(-c3ccc(NC(=O)Nc4cc(C5(C(F)(F)F)CC5)on4)c4nccn34)c3c(N)ncnc32)CC1. The van der Waals surface area contributed by atoms with E-state index in [1.807, 2.05) is 10.5 Å². The third-order valence-corrected chi connectivity index (χ3v) is 8.31. The Kier molecular flexibility index (Phi) is 5.90. The normalized spacial score (nSPS) is 17.6. The molecule has 12 nitrogen and oxygen atoms in total. The number of carbonyl (C=O) groups excluding carboxylic acids is 1. The van der Waals surface area contributed by atoms with Crippen molar-refractivity contribution >= 4 is 40.0 Å². The number of nitrogen functional groups attached to an aromatic ring is 1. The number of carbonyl (C=O) groups is 1. The molecule has 1 saturated heterocycles. The number of rotatable bonds is 5. The van der Waals surface area contributed by atoms with Crippen LogP contribution in [0.5, 0.6) is 0 Å². The fourth-order valence-corrected chi connectivity index (χ4v) is 5.81. The van der Waals surface area contributed by atoms with Crippen LogP contribution < -0.4 is 16.4 Å². The van der Waals surface area contributed by atoms with E-state index in [-0.39, 0.29) is 30.5 Å². The van der Waals surface area contributed by atoms with Crippen molar-refractivity contribution in [2.24, 2.45) is 0 Å². The van der Waals surface area contributed by atoms with Crippen molar-refractivity contribution in [2.45, 2.75) is 43.3 Å². The highest BCUT2D eigenvalue weighted by Gasteiger charge is 2.66. The third kappa shape index (κ3) is 4.22. The zero-order chi connectivity index (χ0) is 29.2. The van der Waals surface area contributed by atoms with Crippen molar-refractivity contribution in [2.75, 3.05) is 36.5 Å². The number of amides is 2. The number of likely N-dealkylation sites (tertiary alicyclic amines) is 1. The van der Waals surface area contributed by atoms with Gasteiger partial charge in [0.1, 0.15) is 23.2 Å². The second kappa shape index (κ2) is 9.44. The molecule has 5 aromatic rings. The van der Waals surface area contributed by atoms with Crippen LogP contribution >= 0.6 is 0 Å². The largest absolute Gasteiger partial charge is 0.401 e. The molecule has 42 heavy (non-hydrogen) atoms.